The molecule has 1 aromatic rings. The highest BCUT2D eigenvalue weighted by Crippen LogP contribution is 2.21. The number of benzene rings is 1. The zero-order chi connectivity index (χ0) is 14.9. The molecule has 0 radical (unpaired) electrons. The van der Waals surface area contributed by atoms with Crippen molar-refractivity contribution in [2.75, 3.05) is 39.4 Å². The van der Waals surface area contributed by atoms with E-state index in [2.05, 4.69) is 5.32 Å². The van der Waals surface area contributed by atoms with E-state index in [9.17, 15) is 4.79 Å². The van der Waals surface area contributed by atoms with Crippen LogP contribution in [-0.2, 0) is 9.47 Å². The number of carboxylic acid groups (broad SMARTS) is 1. The normalized spacial score (nSPS) is 19.5. The van der Waals surface area contributed by atoms with E-state index in [1.54, 1.807) is 0 Å². The molecule has 2 saturated heterocycles. The fourth-order valence-electron chi connectivity index (χ4n) is 2.15. The Morgan fingerprint density at radius 2 is 1.76 bits per heavy atom. The van der Waals surface area contributed by atoms with Crippen LogP contribution < -0.4 is 5.32 Å². The second-order valence-electron chi connectivity index (χ2n) is 4.86. The molecule has 2 aliphatic rings. The largest absolute Gasteiger partial charge is 0.465 e. The standard InChI is InChI=1S/C10H12O2.C5H10N2O2/c1-2-5-9(6-3-1)10-11-7-4-8-12-10;8-5(9)7-3-1-6-2-4-7/h1-3,5-6,10H,4,7-8H2;6H,1-4H2,(H,8,9). The smallest absolute Gasteiger partial charge is 0.407 e. The number of amides is 1. The van der Waals surface area contributed by atoms with E-state index in [0.29, 0.717) is 13.1 Å². The van der Waals surface area contributed by atoms with Crippen LogP contribution in [0.25, 0.3) is 0 Å². The SMILES string of the molecule is O=C(O)N1CCNCC1.c1ccc(C2OCCCO2)cc1. The molecular weight excluding hydrogens is 272 g/mol. The summed E-state index contributed by atoms with van der Waals surface area (Å²) in [4.78, 5) is 11.7. The van der Waals surface area contributed by atoms with Crippen LogP contribution in [0.1, 0.15) is 18.3 Å². The van der Waals surface area contributed by atoms with Gasteiger partial charge in [0.15, 0.2) is 6.29 Å². The van der Waals surface area contributed by atoms with E-state index in [-0.39, 0.29) is 6.29 Å². The molecule has 3 rings (SSSR count). The number of nitrogens with one attached hydrogen (secondary N) is 1. The van der Waals surface area contributed by atoms with Gasteiger partial charge in [-0.05, 0) is 6.42 Å². The predicted molar refractivity (Wildman–Crippen MR) is 78.2 cm³/mol. The molecule has 116 valence electrons. The molecule has 6 nitrogen and oxygen atoms in total. The topological polar surface area (TPSA) is 71.0 Å². The molecule has 21 heavy (non-hydrogen) atoms. The van der Waals surface area contributed by atoms with Crippen molar-refractivity contribution in [2.45, 2.75) is 12.7 Å². The average molecular weight is 294 g/mol. The monoisotopic (exact) mass is 294 g/mol. The average Bonchev–Trinajstić information content (AvgIpc) is 2.58. The van der Waals surface area contributed by atoms with Gasteiger partial charge in [-0.25, -0.2) is 4.79 Å². The molecule has 0 aliphatic carbocycles. The molecule has 1 aromatic carbocycles. The molecule has 0 unspecified atom stereocenters. The van der Waals surface area contributed by atoms with Gasteiger partial charge >= 0.3 is 6.09 Å². The summed E-state index contributed by atoms with van der Waals surface area (Å²) < 4.78 is 10.9. The van der Waals surface area contributed by atoms with Gasteiger partial charge in [0, 0.05) is 31.7 Å². The van der Waals surface area contributed by atoms with E-state index in [1.807, 2.05) is 30.3 Å². The van der Waals surface area contributed by atoms with Crippen molar-refractivity contribution in [1.82, 2.24) is 10.2 Å². The van der Waals surface area contributed by atoms with Crippen LogP contribution in [0.5, 0.6) is 0 Å². The Morgan fingerprint density at radius 1 is 1.14 bits per heavy atom. The Labute approximate surface area is 124 Å². The number of hydrogen-bond donors (Lipinski definition) is 2. The first-order valence-corrected chi connectivity index (χ1v) is 7.24. The van der Waals surface area contributed by atoms with Crippen LogP contribution in [0.15, 0.2) is 30.3 Å². The van der Waals surface area contributed by atoms with Crippen LogP contribution >= 0.6 is 0 Å². The lowest BCUT2D eigenvalue weighted by molar-refractivity contribution is -0.183. The molecule has 1 amide bonds. The fourth-order valence-corrected chi connectivity index (χ4v) is 2.15. The summed E-state index contributed by atoms with van der Waals surface area (Å²) in [7, 11) is 0. The van der Waals surface area contributed by atoms with Crippen molar-refractivity contribution in [3.05, 3.63) is 35.9 Å². The quantitative estimate of drug-likeness (QED) is 0.825. The summed E-state index contributed by atoms with van der Waals surface area (Å²) in [5, 5.41) is 11.5. The van der Waals surface area contributed by atoms with Crippen LogP contribution in [0.3, 0.4) is 0 Å². The second kappa shape index (κ2) is 8.61. The van der Waals surface area contributed by atoms with Gasteiger partial charge in [-0.15, -0.1) is 0 Å². The van der Waals surface area contributed by atoms with Crippen molar-refractivity contribution < 1.29 is 19.4 Å². The molecule has 0 aromatic heterocycles. The van der Waals surface area contributed by atoms with Crippen molar-refractivity contribution in [1.29, 1.82) is 0 Å². The lowest BCUT2D eigenvalue weighted by Crippen LogP contribution is -2.45. The van der Waals surface area contributed by atoms with Crippen LogP contribution in [0.4, 0.5) is 4.79 Å². The van der Waals surface area contributed by atoms with Crippen LogP contribution in [0, 0.1) is 0 Å². The zero-order valence-electron chi connectivity index (χ0n) is 12.0. The maximum atomic E-state index is 10.3. The first-order valence-electron chi connectivity index (χ1n) is 7.24. The van der Waals surface area contributed by atoms with E-state index in [4.69, 9.17) is 14.6 Å². The van der Waals surface area contributed by atoms with Crippen LogP contribution in [0.2, 0.25) is 0 Å². The molecule has 6 heteroatoms. The van der Waals surface area contributed by atoms with Gasteiger partial charge < -0.3 is 24.8 Å². The van der Waals surface area contributed by atoms with Crippen molar-refractivity contribution in [2.24, 2.45) is 0 Å². The summed E-state index contributed by atoms with van der Waals surface area (Å²) >= 11 is 0. The molecule has 0 saturated carbocycles. The highest BCUT2D eigenvalue weighted by molar-refractivity contribution is 5.65. The summed E-state index contributed by atoms with van der Waals surface area (Å²) in [5.41, 5.74) is 1.11. The van der Waals surface area contributed by atoms with Crippen molar-refractivity contribution in [3.63, 3.8) is 0 Å². The fraction of sp³-hybridized carbons (Fsp3) is 0.533. The van der Waals surface area contributed by atoms with E-state index < -0.39 is 6.09 Å². The number of piperazine rings is 1. The van der Waals surface area contributed by atoms with Crippen molar-refractivity contribution in [3.8, 4) is 0 Å². The van der Waals surface area contributed by atoms with E-state index in [1.165, 1.54) is 4.90 Å². The molecule has 2 N–H and O–H groups in total. The van der Waals surface area contributed by atoms with Gasteiger partial charge in [-0.2, -0.15) is 0 Å². The van der Waals surface area contributed by atoms with E-state index in [0.717, 1.165) is 38.3 Å². The van der Waals surface area contributed by atoms with E-state index >= 15 is 0 Å². The molecule has 2 fully saturated rings. The van der Waals surface area contributed by atoms with Gasteiger partial charge in [-0.1, -0.05) is 30.3 Å². The summed E-state index contributed by atoms with van der Waals surface area (Å²) in [5.74, 6) is 0. The third-order valence-corrected chi connectivity index (χ3v) is 3.29. The lowest BCUT2D eigenvalue weighted by Gasteiger charge is -2.23. The van der Waals surface area contributed by atoms with Gasteiger partial charge in [0.1, 0.15) is 0 Å². The minimum absolute atomic E-state index is 0.139. The van der Waals surface area contributed by atoms with Crippen LogP contribution in [-0.4, -0.2) is 55.5 Å². The van der Waals surface area contributed by atoms with Gasteiger partial charge in [0.05, 0.1) is 13.2 Å². The summed E-state index contributed by atoms with van der Waals surface area (Å²) in [6, 6.07) is 10.0. The Balaban J connectivity index is 0.000000161. The molecule has 0 spiro atoms. The summed E-state index contributed by atoms with van der Waals surface area (Å²) in [6.07, 6.45) is 0.0556. The number of rotatable bonds is 1. The van der Waals surface area contributed by atoms with Gasteiger partial charge in [0.2, 0.25) is 0 Å². The molecular formula is C15H22N2O4. The zero-order valence-corrected chi connectivity index (χ0v) is 12.0. The van der Waals surface area contributed by atoms with Gasteiger partial charge in [0.25, 0.3) is 0 Å². The minimum atomic E-state index is -0.809. The maximum absolute atomic E-state index is 10.3. The Bertz CT molecular complexity index is 415. The molecule has 0 atom stereocenters. The number of carbonyl (C=O) groups is 1. The lowest BCUT2D eigenvalue weighted by atomic mass is 10.2. The second-order valence-corrected chi connectivity index (χ2v) is 4.86. The Morgan fingerprint density at radius 3 is 2.29 bits per heavy atom. The highest BCUT2D eigenvalue weighted by Gasteiger charge is 2.15. The van der Waals surface area contributed by atoms with Crippen molar-refractivity contribution >= 4 is 6.09 Å². The first-order chi connectivity index (χ1) is 10.3. The number of hydrogen-bond acceptors (Lipinski definition) is 4. The number of ether oxygens (including phenoxy) is 2. The molecule has 2 heterocycles. The molecule has 2 aliphatic heterocycles. The first kappa shape index (κ1) is 15.8. The Kier molecular flexibility index (Phi) is 6.46. The van der Waals surface area contributed by atoms with Gasteiger partial charge in [-0.3, -0.25) is 0 Å². The third-order valence-electron chi connectivity index (χ3n) is 3.29. The number of nitrogens with zero attached hydrogens (tertiary/aromatic N) is 1. The highest BCUT2D eigenvalue weighted by atomic mass is 16.7. The maximum Gasteiger partial charge on any atom is 0.407 e. The predicted octanol–water partition coefficient (Wildman–Crippen LogP) is 1.69. The molecule has 0 bridgehead atoms. The third kappa shape index (κ3) is 5.34. The summed E-state index contributed by atoms with van der Waals surface area (Å²) in [6.45, 7) is 4.42. The minimum Gasteiger partial charge on any atom is -0.465 e. The Hall–Kier alpha value is -1.63.